The molecule has 0 spiro atoms. The van der Waals surface area contributed by atoms with Gasteiger partial charge < -0.3 is 4.74 Å². The van der Waals surface area contributed by atoms with Gasteiger partial charge in [0, 0.05) is 15.4 Å². The molecule has 3 rings (SSSR count). The maximum Gasteiger partial charge on any atom is 0.392 e. The molecule has 0 unspecified atom stereocenters. The van der Waals surface area contributed by atoms with Gasteiger partial charge in [0.25, 0.3) is 0 Å². The average Bonchev–Trinajstić information content (AvgIpc) is 2.60. The highest BCUT2D eigenvalue weighted by Gasteiger charge is 2.27. The van der Waals surface area contributed by atoms with E-state index in [1.54, 1.807) is 30.3 Å². The van der Waals surface area contributed by atoms with E-state index < -0.39 is 25.2 Å². The van der Waals surface area contributed by atoms with Crippen LogP contribution in [0.3, 0.4) is 0 Å². The van der Waals surface area contributed by atoms with Crippen molar-refractivity contribution in [2.24, 2.45) is 0 Å². The van der Waals surface area contributed by atoms with Crippen LogP contribution in [0.5, 0.6) is 0 Å². The van der Waals surface area contributed by atoms with Crippen LogP contribution in [0.25, 0.3) is 22.2 Å². The molecule has 1 aromatic heterocycles. The average molecular weight is 424 g/mol. The van der Waals surface area contributed by atoms with E-state index in [9.17, 15) is 18.0 Å². The van der Waals surface area contributed by atoms with E-state index in [4.69, 9.17) is 4.74 Å². The second-order valence-electron chi connectivity index (χ2n) is 5.58. The number of halogens is 4. The standard InChI is InChI=1S/C19H13BrF3NO2/c20-13-7-5-12(6-8-13)17-11-15(14-3-1-2-4-16(14)24-17)18(25)26-10-9-19(21,22)23/h1-8,11H,9-10H2. The Balaban J connectivity index is 1.97. The van der Waals surface area contributed by atoms with E-state index in [0.29, 0.717) is 16.6 Å². The summed E-state index contributed by atoms with van der Waals surface area (Å²) in [6.07, 6.45) is -5.55. The van der Waals surface area contributed by atoms with Gasteiger partial charge in [-0.15, -0.1) is 0 Å². The Morgan fingerprint density at radius 1 is 1.08 bits per heavy atom. The van der Waals surface area contributed by atoms with Gasteiger partial charge in [-0.1, -0.05) is 46.3 Å². The zero-order chi connectivity index (χ0) is 18.7. The molecule has 0 saturated heterocycles. The third-order valence-corrected chi connectivity index (χ3v) is 4.22. The predicted molar refractivity (Wildman–Crippen MR) is 95.8 cm³/mol. The number of fused-ring (bicyclic) bond motifs is 1. The highest BCUT2D eigenvalue weighted by molar-refractivity contribution is 9.10. The lowest BCUT2D eigenvalue weighted by molar-refractivity contribution is -0.141. The predicted octanol–water partition coefficient (Wildman–Crippen LogP) is 5.77. The summed E-state index contributed by atoms with van der Waals surface area (Å²) in [6.45, 7) is -0.716. The van der Waals surface area contributed by atoms with Crippen LogP contribution in [0.4, 0.5) is 13.2 Å². The molecule has 0 saturated carbocycles. The van der Waals surface area contributed by atoms with Crippen molar-refractivity contribution in [2.45, 2.75) is 12.6 Å². The van der Waals surface area contributed by atoms with E-state index in [1.165, 1.54) is 0 Å². The maximum atomic E-state index is 12.4. The number of carbonyl (C=O) groups is 1. The van der Waals surface area contributed by atoms with E-state index in [0.717, 1.165) is 10.0 Å². The van der Waals surface area contributed by atoms with Crippen LogP contribution in [-0.2, 0) is 4.74 Å². The third-order valence-electron chi connectivity index (χ3n) is 3.69. The topological polar surface area (TPSA) is 39.2 Å². The molecule has 0 amide bonds. The Kier molecular flexibility index (Phi) is 5.27. The molecule has 0 atom stereocenters. The number of hydrogen-bond donors (Lipinski definition) is 0. The number of carbonyl (C=O) groups excluding carboxylic acids is 1. The van der Waals surface area contributed by atoms with Gasteiger partial charge in [-0.2, -0.15) is 13.2 Å². The van der Waals surface area contributed by atoms with Crippen molar-refractivity contribution in [2.75, 3.05) is 6.61 Å². The lowest BCUT2D eigenvalue weighted by Gasteiger charge is -2.11. The summed E-state index contributed by atoms with van der Waals surface area (Å²) < 4.78 is 42.5. The zero-order valence-corrected chi connectivity index (χ0v) is 15.0. The van der Waals surface area contributed by atoms with Gasteiger partial charge in [-0.3, -0.25) is 0 Å². The Labute approximate surface area is 155 Å². The number of para-hydroxylation sites is 1. The molecule has 3 nitrogen and oxygen atoms in total. The summed E-state index contributed by atoms with van der Waals surface area (Å²) in [7, 11) is 0. The normalized spacial score (nSPS) is 11.5. The second-order valence-corrected chi connectivity index (χ2v) is 6.50. The minimum Gasteiger partial charge on any atom is -0.462 e. The highest BCUT2D eigenvalue weighted by Crippen LogP contribution is 2.27. The molecular weight excluding hydrogens is 411 g/mol. The van der Waals surface area contributed by atoms with Gasteiger partial charge in [-0.25, -0.2) is 9.78 Å². The van der Waals surface area contributed by atoms with Crippen molar-refractivity contribution in [1.29, 1.82) is 0 Å². The van der Waals surface area contributed by atoms with E-state index in [-0.39, 0.29) is 5.56 Å². The van der Waals surface area contributed by atoms with Crippen LogP contribution in [0.2, 0.25) is 0 Å². The number of benzene rings is 2. The van der Waals surface area contributed by atoms with Crippen LogP contribution in [0, 0.1) is 0 Å². The van der Waals surface area contributed by atoms with Crippen LogP contribution in [-0.4, -0.2) is 23.7 Å². The summed E-state index contributed by atoms with van der Waals surface area (Å²) >= 11 is 3.35. The van der Waals surface area contributed by atoms with Crippen molar-refractivity contribution in [3.63, 3.8) is 0 Å². The van der Waals surface area contributed by atoms with Gasteiger partial charge >= 0.3 is 12.1 Å². The van der Waals surface area contributed by atoms with E-state index in [2.05, 4.69) is 20.9 Å². The molecule has 1 heterocycles. The fraction of sp³-hybridized carbons (Fsp3) is 0.158. The summed E-state index contributed by atoms with van der Waals surface area (Å²) in [5.74, 6) is -0.800. The fourth-order valence-electron chi connectivity index (χ4n) is 2.45. The van der Waals surface area contributed by atoms with Crippen molar-refractivity contribution in [3.8, 4) is 11.3 Å². The molecule has 0 aliphatic carbocycles. The lowest BCUT2D eigenvalue weighted by atomic mass is 10.0. The molecule has 134 valence electrons. The SMILES string of the molecule is O=C(OCCC(F)(F)F)c1cc(-c2ccc(Br)cc2)nc2ccccc12. The fourth-order valence-corrected chi connectivity index (χ4v) is 2.71. The van der Waals surface area contributed by atoms with E-state index >= 15 is 0 Å². The number of nitrogens with zero attached hydrogens (tertiary/aromatic N) is 1. The number of ether oxygens (including phenoxy) is 1. The summed E-state index contributed by atoms with van der Waals surface area (Å²) in [6, 6.07) is 15.8. The molecule has 3 aromatic rings. The molecule has 26 heavy (non-hydrogen) atoms. The van der Waals surface area contributed by atoms with Gasteiger partial charge in [0.05, 0.1) is 23.2 Å². The Hall–Kier alpha value is -2.41. The Bertz CT molecular complexity index is 940. The minimum absolute atomic E-state index is 0.190. The molecule has 0 radical (unpaired) electrons. The molecule has 7 heteroatoms. The molecule has 0 bridgehead atoms. The third kappa shape index (κ3) is 4.40. The van der Waals surface area contributed by atoms with Crippen LogP contribution in [0.15, 0.2) is 59.1 Å². The molecule has 0 aliphatic rings. The maximum absolute atomic E-state index is 12.4. The Morgan fingerprint density at radius 2 is 1.77 bits per heavy atom. The smallest absolute Gasteiger partial charge is 0.392 e. The number of hydrogen-bond acceptors (Lipinski definition) is 3. The summed E-state index contributed by atoms with van der Waals surface area (Å²) in [4.78, 5) is 16.9. The number of pyridine rings is 1. The summed E-state index contributed by atoms with van der Waals surface area (Å²) in [5.41, 5.74) is 2.08. The highest BCUT2D eigenvalue weighted by atomic mass is 79.9. The van der Waals surface area contributed by atoms with Crippen molar-refractivity contribution < 1.29 is 22.7 Å². The molecule has 2 aromatic carbocycles. The number of aromatic nitrogens is 1. The number of rotatable bonds is 4. The first-order valence-corrected chi connectivity index (χ1v) is 8.52. The van der Waals surface area contributed by atoms with Crippen LogP contribution in [0.1, 0.15) is 16.8 Å². The first-order valence-electron chi connectivity index (χ1n) is 7.73. The second kappa shape index (κ2) is 7.45. The van der Waals surface area contributed by atoms with Gasteiger partial charge in [0.15, 0.2) is 0 Å². The molecule has 0 N–H and O–H groups in total. The number of esters is 1. The molecule has 0 fully saturated rings. The number of alkyl halides is 3. The Morgan fingerprint density at radius 3 is 2.46 bits per heavy atom. The lowest BCUT2D eigenvalue weighted by Crippen LogP contribution is -2.15. The van der Waals surface area contributed by atoms with E-state index in [1.807, 2.05) is 24.3 Å². The van der Waals surface area contributed by atoms with Crippen molar-refractivity contribution in [3.05, 3.63) is 64.6 Å². The van der Waals surface area contributed by atoms with Gasteiger partial charge in [-0.05, 0) is 24.3 Å². The van der Waals surface area contributed by atoms with Gasteiger partial charge in [0.1, 0.15) is 6.61 Å². The van der Waals surface area contributed by atoms with Crippen molar-refractivity contribution >= 4 is 32.8 Å². The molecule has 0 aliphatic heterocycles. The molecular formula is C19H13BrF3NO2. The quantitative estimate of drug-likeness (QED) is 0.499. The zero-order valence-electron chi connectivity index (χ0n) is 13.4. The largest absolute Gasteiger partial charge is 0.462 e. The first kappa shape index (κ1) is 18.4. The first-order chi connectivity index (χ1) is 12.3. The van der Waals surface area contributed by atoms with Crippen LogP contribution >= 0.6 is 15.9 Å². The van der Waals surface area contributed by atoms with Gasteiger partial charge in [0.2, 0.25) is 0 Å². The summed E-state index contributed by atoms with van der Waals surface area (Å²) in [5, 5.41) is 0.533. The van der Waals surface area contributed by atoms with Crippen LogP contribution < -0.4 is 0 Å². The monoisotopic (exact) mass is 423 g/mol. The van der Waals surface area contributed by atoms with Crippen molar-refractivity contribution in [1.82, 2.24) is 4.98 Å². The minimum atomic E-state index is -4.37.